The molecule has 5 heteroatoms. The third kappa shape index (κ3) is 4.03. The van der Waals surface area contributed by atoms with Crippen molar-refractivity contribution < 1.29 is 8.42 Å². The minimum atomic E-state index is -2.96. The number of rotatable bonds is 4. The highest BCUT2D eigenvalue weighted by atomic mass is 32.2. The molecule has 4 nitrogen and oxygen atoms in total. The molecule has 16 heavy (non-hydrogen) atoms. The molecule has 0 amide bonds. The summed E-state index contributed by atoms with van der Waals surface area (Å²) in [5.41, 5.74) is 2.68. The molecule has 4 unspecified atom stereocenters. The van der Waals surface area contributed by atoms with E-state index in [0.29, 0.717) is 11.8 Å². The highest BCUT2D eigenvalue weighted by Crippen LogP contribution is 2.35. The van der Waals surface area contributed by atoms with E-state index >= 15 is 0 Å². The summed E-state index contributed by atoms with van der Waals surface area (Å²) < 4.78 is 22.6. The lowest BCUT2D eigenvalue weighted by Crippen LogP contribution is -2.47. The van der Waals surface area contributed by atoms with E-state index in [2.05, 4.69) is 19.3 Å². The van der Waals surface area contributed by atoms with Crippen LogP contribution in [0.25, 0.3) is 0 Å². The molecular weight excluding hydrogens is 224 g/mol. The molecule has 1 rings (SSSR count). The van der Waals surface area contributed by atoms with Crippen LogP contribution in [0.15, 0.2) is 0 Å². The standard InChI is InChI=1S/C11H24N2O2S/c1-8-4-5-10(6-9(8)2)11(13-12)7-16(3,14)15/h8-11,13H,4-7,12H2,1-3H3. The van der Waals surface area contributed by atoms with Crippen LogP contribution in [-0.4, -0.2) is 26.5 Å². The molecule has 0 heterocycles. The normalized spacial score (nSPS) is 33.6. The number of hydrazine groups is 1. The first-order valence-electron chi connectivity index (χ1n) is 5.97. The van der Waals surface area contributed by atoms with Crippen molar-refractivity contribution in [1.29, 1.82) is 0 Å². The Morgan fingerprint density at radius 2 is 1.94 bits per heavy atom. The van der Waals surface area contributed by atoms with Gasteiger partial charge in [0.1, 0.15) is 9.84 Å². The smallest absolute Gasteiger partial charge is 0.149 e. The minimum Gasteiger partial charge on any atom is -0.271 e. The lowest BCUT2D eigenvalue weighted by Gasteiger charge is -2.36. The van der Waals surface area contributed by atoms with Gasteiger partial charge in [0.2, 0.25) is 0 Å². The predicted molar refractivity (Wildman–Crippen MR) is 66.5 cm³/mol. The van der Waals surface area contributed by atoms with Gasteiger partial charge in [0.05, 0.1) is 5.75 Å². The Morgan fingerprint density at radius 1 is 1.31 bits per heavy atom. The fourth-order valence-electron chi connectivity index (χ4n) is 2.60. The lowest BCUT2D eigenvalue weighted by molar-refractivity contribution is 0.178. The largest absolute Gasteiger partial charge is 0.271 e. The average molecular weight is 248 g/mol. The van der Waals surface area contributed by atoms with Crippen LogP contribution in [0, 0.1) is 17.8 Å². The molecule has 3 N–H and O–H groups in total. The maximum atomic E-state index is 11.3. The van der Waals surface area contributed by atoms with Crippen LogP contribution in [0.2, 0.25) is 0 Å². The fraction of sp³-hybridized carbons (Fsp3) is 1.00. The lowest BCUT2D eigenvalue weighted by atomic mass is 9.73. The van der Waals surface area contributed by atoms with E-state index in [4.69, 9.17) is 5.84 Å². The molecule has 0 saturated heterocycles. The molecule has 1 aliphatic rings. The van der Waals surface area contributed by atoms with Crippen molar-refractivity contribution in [2.45, 2.75) is 39.2 Å². The Hall–Kier alpha value is -0.130. The fourth-order valence-corrected chi connectivity index (χ4v) is 3.62. The average Bonchev–Trinajstić information content (AvgIpc) is 2.17. The molecule has 1 fully saturated rings. The minimum absolute atomic E-state index is 0.0926. The Morgan fingerprint density at radius 3 is 2.38 bits per heavy atom. The third-order valence-electron chi connectivity index (χ3n) is 3.90. The number of hydrogen-bond acceptors (Lipinski definition) is 4. The van der Waals surface area contributed by atoms with Crippen molar-refractivity contribution in [1.82, 2.24) is 5.43 Å². The summed E-state index contributed by atoms with van der Waals surface area (Å²) in [6.07, 6.45) is 4.60. The van der Waals surface area contributed by atoms with E-state index in [9.17, 15) is 8.42 Å². The maximum Gasteiger partial charge on any atom is 0.149 e. The van der Waals surface area contributed by atoms with Crippen molar-refractivity contribution in [3.05, 3.63) is 0 Å². The Bertz CT molecular complexity index is 316. The van der Waals surface area contributed by atoms with Gasteiger partial charge in [-0.05, 0) is 30.6 Å². The van der Waals surface area contributed by atoms with Crippen molar-refractivity contribution in [3.63, 3.8) is 0 Å². The summed E-state index contributed by atoms with van der Waals surface area (Å²) in [7, 11) is -2.96. The van der Waals surface area contributed by atoms with Gasteiger partial charge in [-0.1, -0.05) is 20.3 Å². The summed E-state index contributed by atoms with van der Waals surface area (Å²) in [6.45, 7) is 4.51. The first kappa shape index (κ1) is 13.9. The molecule has 0 aromatic rings. The van der Waals surface area contributed by atoms with E-state index in [0.717, 1.165) is 18.8 Å². The zero-order valence-electron chi connectivity index (χ0n) is 10.4. The highest BCUT2D eigenvalue weighted by Gasteiger charge is 2.31. The molecule has 4 atom stereocenters. The summed E-state index contributed by atoms with van der Waals surface area (Å²) in [6, 6.07) is -0.0926. The molecule has 0 aromatic carbocycles. The van der Waals surface area contributed by atoms with Gasteiger partial charge in [0.15, 0.2) is 0 Å². The SMILES string of the molecule is CC1CCC(C(CS(C)(=O)=O)NN)CC1C. The van der Waals surface area contributed by atoms with Gasteiger partial charge in [-0.15, -0.1) is 0 Å². The molecule has 0 radical (unpaired) electrons. The molecule has 0 spiro atoms. The second kappa shape index (κ2) is 5.47. The van der Waals surface area contributed by atoms with Crippen molar-refractivity contribution in [2.24, 2.45) is 23.6 Å². The Kier molecular flexibility index (Phi) is 4.76. The molecule has 1 saturated carbocycles. The van der Waals surface area contributed by atoms with Crippen molar-refractivity contribution in [2.75, 3.05) is 12.0 Å². The summed E-state index contributed by atoms with van der Waals surface area (Å²) in [5.74, 6) is 7.42. The van der Waals surface area contributed by atoms with Gasteiger partial charge in [-0.2, -0.15) is 0 Å². The van der Waals surface area contributed by atoms with Gasteiger partial charge in [-0.3, -0.25) is 11.3 Å². The highest BCUT2D eigenvalue weighted by molar-refractivity contribution is 7.90. The molecule has 0 aliphatic heterocycles. The predicted octanol–water partition coefficient (Wildman–Crippen LogP) is 0.935. The second-order valence-corrected chi connectivity index (χ2v) is 7.58. The molecule has 0 aromatic heterocycles. The zero-order chi connectivity index (χ0) is 12.3. The van der Waals surface area contributed by atoms with E-state index < -0.39 is 9.84 Å². The van der Waals surface area contributed by atoms with Gasteiger partial charge < -0.3 is 0 Å². The molecular formula is C11H24N2O2S. The van der Waals surface area contributed by atoms with Crippen molar-refractivity contribution >= 4 is 9.84 Å². The summed E-state index contributed by atoms with van der Waals surface area (Å²) >= 11 is 0. The summed E-state index contributed by atoms with van der Waals surface area (Å²) in [4.78, 5) is 0. The Labute approximate surface area is 98.9 Å². The first-order valence-corrected chi connectivity index (χ1v) is 8.03. The van der Waals surface area contributed by atoms with Crippen LogP contribution in [-0.2, 0) is 9.84 Å². The van der Waals surface area contributed by atoms with Crippen LogP contribution in [0.5, 0.6) is 0 Å². The van der Waals surface area contributed by atoms with Gasteiger partial charge in [0.25, 0.3) is 0 Å². The van der Waals surface area contributed by atoms with Gasteiger partial charge in [0, 0.05) is 12.3 Å². The van der Waals surface area contributed by atoms with Crippen LogP contribution >= 0.6 is 0 Å². The van der Waals surface area contributed by atoms with E-state index in [1.165, 1.54) is 12.7 Å². The summed E-state index contributed by atoms with van der Waals surface area (Å²) in [5, 5.41) is 0. The maximum absolute atomic E-state index is 11.3. The van der Waals surface area contributed by atoms with E-state index in [-0.39, 0.29) is 11.8 Å². The topological polar surface area (TPSA) is 72.2 Å². The van der Waals surface area contributed by atoms with Crippen molar-refractivity contribution in [3.8, 4) is 0 Å². The second-order valence-electron chi connectivity index (χ2n) is 5.39. The third-order valence-corrected chi connectivity index (χ3v) is 4.87. The number of nitrogens with one attached hydrogen (secondary N) is 1. The van der Waals surface area contributed by atoms with Crippen LogP contribution in [0.3, 0.4) is 0 Å². The monoisotopic (exact) mass is 248 g/mol. The Balaban J connectivity index is 2.60. The van der Waals surface area contributed by atoms with Crippen LogP contribution in [0.1, 0.15) is 33.1 Å². The number of hydrogen-bond donors (Lipinski definition) is 2. The quantitative estimate of drug-likeness (QED) is 0.573. The first-order chi connectivity index (χ1) is 7.33. The zero-order valence-corrected chi connectivity index (χ0v) is 11.3. The number of sulfone groups is 1. The van der Waals surface area contributed by atoms with Gasteiger partial charge in [-0.25, -0.2) is 8.42 Å². The van der Waals surface area contributed by atoms with Crippen LogP contribution < -0.4 is 11.3 Å². The van der Waals surface area contributed by atoms with Crippen LogP contribution in [0.4, 0.5) is 0 Å². The molecule has 1 aliphatic carbocycles. The number of nitrogens with two attached hydrogens (primary N) is 1. The van der Waals surface area contributed by atoms with E-state index in [1.807, 2.05) is 0 Å². The van der Waals surface area contributed by atoms with E-state index in [1.54, 1.807) is 0 Å². The molecule has 96 valence electrons. The molecule has 0 bridgehead atoms. The van der Waals surface area contributed by atoms with Gasteiger partial charge >= 0.3 is 0 Å².